The van der Waals surface area contributed by atoms with Crippen LogP contribution >= 0.6 is 0 Å². The average Bonchev–Trinajstić information content (AvgIpc) is 1.85. The first kappa shape index (κ1) is 8.53. The number of rotatable bonds is 2. The summed E-state index contributed by atoms with van der Waals surface area (Å²) in [6.45, 7) is 1.99. The molecule has 0 bridgehead atoms. The van der Waals surface area contributed by atoms with Gasteiger partial charge in [-0.05, 0) is 26.2 Å². The van der Waals surface area contributed by atoms with E-state index in [0.717, 1.165) is 19.3 Å². The highest BCUT2D eigenvalue weighted by Crippen LogP contribution is 2.20. The molecule has 0 spiro atoms. The predicted molar refractivity (Wildman–Crippen MR) is 40.4 cm³/mol. The van der Waals surface area contributed by atoms with Crippen LogP contribution in [0.5, 0.6) is 0 Å². The van der Waals surface area contributed by atoms with Crippen molar-refractivity contribution in [2.75, 3.05) is 0 Å². The second kappa shape index (κ2) is 3.72. The number of carbonyl (C=O) groups is 1. The minimum absolute atomic E-state index is 0.0451. The molecule has 1 N–H and O–H groups in total. The third kappa shape index (κ3) is 2.89. The van der Waals surface area contributed by atoms with E-state index in [4.69, 9.17) is 9.84 Å². The van der Waals surface area contributed by atoms with E-state index in [0.29, 0.717) is 0 Å². The molecule has 0 saturated carbocycles. The van der Waals surface area contributed by atoms with Gasteiger partial charge in [-0.25, -0.2) is 0 Å². The van der Waals surface area contributed by atoms with Gasteiger partial charge in [0.1, 0.15) is 0 Å². The first-order valence-corrected chi connectivity index (χ1v) is 4.05. The normalized spacial score (nSPS) is 31.7. The van der Waals surface area contributed by atoms with Gasteiger partial charge in [-0.1, -0.05) is 0 Å². The lowest BCUT2D eigenvalue weighted by Crippen LogP contribution is -2.27. The molecule has 0 aromatic carbocycles. The first-order chi connectivity index (χ1) is 5.18. The van der Waals surface area contributed by atoms with E-state index in [1.54, 1.807) is 0 Å². The molecule has 0 aromatic heterocycles. The summed E-state index contributed by atoms with van der Waals surface area (Å²) in [7, 11) is 0. The monoisotopic (exact) mass is 158 g/mol. The van der Waals surface area contributed by atoms with Crippen molar-refractivity contribution in [2.24, 2.45) is 0 Å². The van der Waals surface area contributed by atoms with Crippen molar-refractivity contribution in [3.63, 3.8) is 0 Å². The van der Waals surface area contributed by atoms with Gasteiger partial charge in [-0.2, -0.15) is 0 Å². The molecule has 0 radical (unpaired) electrons. The summed E-state index contributed by atoms with van der Waals surface area (Å²) < 4.78 is 5.42. The molecular formula is C8H14O3. The minimum atomic E-state index is -0.760. The topological polar surface area (TPSA) is 46.5 Å². The fourth-order valence-electron chi connectivity index (χ4n) is 1.44. The molecule has 0 unspecified atom stereocenters. The van der Waals surface area contributed by atoms with E-state index in [1.807, 2.05) is 6.92 Å². The van der Waals surface area contributed by atoms with Crippen molar-refractivity contribution in [1.29, 1.82) is 0 Å². The Hall–Kier alpha value is -0.570. The Kier molecular flexibility index (Phi) is 2.88. The highest BCUT2D eigenvalue weighted by Gasteiger charge is 2.20. The van der Waals surface area contributed by atoms with Gasteiger partial charge in [0.2, 0.25) is 0 Å². The Morgan fingerprint density at radius 3 is 2.91 bits per heavy atom. The Labute approximate surface area is 66.4 Å². The lowest BCUT2D eigenvalue weighted by Gasteiger charge is -2.26. The van der Waals surface area contributed by atoms with Crippen molar-refractivity contribution in [2.45, 2.75) is 44.8 Å². The van der Waals surface area contributed by atoms with Crippen LogP contribution in [0.15, 0.2) is 0 Å². The largest absolute Gasteiger partial charge is 0.481 e. The van der Waals surface area contributed by atoms with Gasteiger partial charge < -0.3 is 9.84 Å². The van der Waals surface area contributed by atoms with Crippen LogP contribution in [-0.2, 0) is 9.53 Å². The number of ether oxygens (including phenoxy) is 1. The zero-order chi connectivity index (χ0) is 8.27. The number of hydrogen-bond donors (Lipinski definition) is 1. The summed E-state index contributed by atoms with van der Waals surface area (Å²) >= 11 is 0. The molecule has 0 amide bonds. The maximum atomic E-state index is 10.3. The Morgan fingerprint density at radius 1 is 1.64 bits per heavy atom. The molecule has 64 valence electrons. The molecule has 3 nitrogen and oxygen atoms in total. The van der Waals surface area contributed by atoms with Crippen LogP contribution < -0.4 is 0 Å². The van der Waals surface area contributed by atoms with Gasteiger partial charge in [-0.3, -0.25) is 4.79 Å². The van der Waals surface area contributed by atoms with Gasteiger partial charge >= 0.3 is 5.97 Å². The van der Waals surface area contributed by atoms with E-state index >= 15 is 0 Å². The fourth-order valence-corrected chi connectivity index (χ4v) is 1.44. The van der Waals surface area contributed by atoms with Gasteiger partial charge in [0.15, 0.2) is 0 Å². The van der Waals surface area contributed by atoms with Crippen LogP contribution in [0.3, 0.4) is 0 Å². The smallest absolute Gasteiger partial charge is 0.305 e. The molecule has 1 rings (SSSR count). The highest BCUT2D eigenvalue weighted by molar-refractivity contribution is 5.67. The zero-order valence-corrected chi connectivity index (χ0v) is 6.75. The molecule has 0 aliphatic carbocycles. The predicted octanol–water partition coefficient (Wildman–Crippen LogP) is 1.42. The van der Waals surface area contributed by atoms with Crippen molar-refractivity contribution >= 4 is 5.97 Å². The van der Waals surface area contributed by atoms with Gasteiger partial charge in [0, 0.05) is 0 Å². The first-order valence-electron chi connectivity index (χ1n) is 4.05. The minimum Gasteiger partial charge on any atom is -0.481 e. The molecule has 1 aliphatic heterocycles. The summed E-state index contributed by atoms with van der Waals surface area (Å²) in [6, 6.07) is 0. The number of carboxylic acids is 1. The van der Waals surface area contributed by atoms with Crippen molar-refractivity contribution in [1.82, 2.24) is 0 Å². The Balaban J connectivity index is 2.28. The molecule has 2 atom stereocenters. The lowest BCUT2D eigenvalue weighted by molar-refractivity contribution is -0.142. The summed E-state index contributed by atoms with van der Waals surface area (Å²) in [5, 5.41) is 8.47. The van der Waals surface area contributed by atoms with Gasteiger partial charge in [-0.15, -0.1) is 0 Å². The number of aliphatic carboxylic acids is 1. The SMILES string of the molecule is C[C@H]1CCC[C@@H](CC(=O)O)O1. The molecule has 11 heavy (non-hydrogen) atoms. The summed E-state index contributed by atoms with van der Waals surface area (Å²) in [5.41, 5.74) is 0. The fraction of sp³-hybridized carbons (Fsp3) is 0.875. The van der Waals surface area contributed by atoms with E-state index in [2.05, 4.69) is 0 Å². The van der Waals surface area contributed by atoms with Crippen LogP contribution in [0.2, 0.25) is 0 Å². The van der Waals surface area contributed by atoms with E-state index in [-0.39, 0.29) is 18.6 Å². The zero-order valence-electron chi connectivity index (χ0n) is 6.75. The van der Waals surface area contributed by atoms with Crippen LogP contribution in [0.4, 0.5) is 0 Å². The quantitative estimate of drug-likeness (QED) is 0.661. The molecule has 1 saturated heterocycles. The maximum Gasteiger partial charge on any atom is 0.305 e. The van der Waals surface area contributed by atoms with E-state index < -0.39 is 5.97 Å². The van der Waals surface area contributed by atoms with Crippen molar-refractivity contribution < 1.29 is 14.6 Å². The van der Waals surface area contributed by atoms with E-state index in [9.17, 15) is 4.79 Å². The Bertz CT molecular complexity index is 144. The molecule has 0 aromatic rings. The second-order valence-electron chi connectivity index (χ2n) is 3.10. The van der Waals surface area contributed by atoms with Crippen LogP contribution in [0, 0.1) is 0 Å². The standard InChI is InChI=1S/C8H14O3/c1-6-3-2-4-7(11-6)5-8(9)10/h6-7H,2-5H2,1H3,(H,9,10)/t6-,7-/m0/s1. The molecule has 1 fully saturated rings. The van der Waals surface area contributed by atoms with Crippen LogP contribution in [0.25, 0.3) is 0 Å². The third-order valence-electron chi connectivity index (χ3n) is 1.96. The average molecular weight is 158 g/mol. The summed E-state index contributed by atoms with van der Waals surface area (Å²) in [6.07, 6.45) is 3.42. The summed E-state index contributed by atoms with van der Waals surface area (Å²) in [4.78, 5) is 10.3. The number of carboxylic acid groups (broad SMARTS) is 1. The van der Waals surface area contributed by atoms with Crippen LogP contribution in [0.1, 0.15) is 32.6 Å². The summed E-state index contributed by atoms with van der Waals surface area (Å²) in [5.74, 6) is -0.760. The molecule has 1 aliphatic rings. The van der Waals surface area contributed by atoms with Crippen LogP contribution in [-0.4, -0.2) is 23.3 Å². The third-order valence-corrected chi connectivity index (χ3v) is 1.96. The Morgan fingerprint density at radius 2 is 2.36 bits per heavy atom. The molecule has 1 heterocycles. The highest BCUT2D eigenvalue weighted by atomic mass is 16.5. The van der Waals surface area contributed by atoms with Gasteiger partial charge in [0.25, 0.3) is 0 Å². The molecule has 3 heteroatoms. The van der Waals surface area contributed by atoms with Crippen molar-refractivity contribution in [3.05, 3.63) is 0 Å². The van der Waals surface area contributed by atoms with Gasteiger partial charge in [0.05, 0.1) is 18.6 Å². The maximum absolute atomic E-state index is 10.3. The lowest BCUT2D eigenvalue weighted by atomic mass is 10.0. The number of hydrogen-bond acceptors (Lipinski definition) is 2. The molecular weight excluding hydrogens is 144 g/mol. The second-order valence-corrected chi connectivity index (χ2v) is 3.10. The van der Waals surface area contributed by atoms with E-state index in [1.165, 1.54) is 0 Å². The van der Waals surface area contributed by atoms with Crippen molar-refractivity contribution in [3.8, 4) is 0 Å².